The number of ether oxygens (including phenoxy) is 1. The zero-order valence-corrected chi connectivity index (χ0v) is 18.7. The van der Waals surface area contributed by atoms with Crippen LogP contribution in [0, 0.1) is 5.82 Å². The lowest BCUT2D eigenvalue weighted by Gasteiger charge is -2.33. The molecule has 0 spiro atoms. The van der Waals surface area contributed by atoms with Crippen molar-refractivity contribution in [1.82, 2.24) is 14.9 Å². The van der Waals surface area contributed by atoms with E-state index in [2.05, 4.69) is 14.7 Å². The summed E-state index contributed by atoms with van der Waals surface area (Å²) in [5.74, 6) is -1.41. The highest BCUT2D eigenvalue weighted by atomic mass is 19.4. The molecule has 7 nitrogen and oxygen atoms in total. The average molecular weight is 492 g/mol. The van der Waals surface area contributed by atoms with Crippen molar-refractivity contribution in [1.29, 1.82) is 0 Å². The minimum atomic E-state index is -4.86. The van der Waals surface area contributed by atoms with Gasteiger partial charge in [0.25, 0.3) is 5.91 Å². The number of rotatable bonds is 3. The highest BCUT2D eigenvalue weighted by Crippen LogP contribution is 2.39. The van der Waals surface area contributed by atoms with Crippen LogP contribution < -0.4 is 10.5 Å². The van der Waals surface area contributed by atoms with Crippen molar-refractivity contribution in [2.45, 2.75) is 50.5 Å². The number of nitrogens with zero attached hydrogens (tertiary/aromatic N) is 2. The van der Waals surface area contributed by atoms with Crippen molar-refractivity contribution < 1.29 is 32.2 Å². The van der Waals surface area contributed by atoms with Crippen LogP contribution in [0.3, 0.4) is 0 Å². The molecule has 3 heterocycles. The molecular weight excluding hydrogens is 468 g/mol. The second-order valence-electron chi connectivity index (χ2n) is 9.09. The van der Waals surface area contributed by atoms with E-state index in [1.807, 2.05) is 0 Å². The van der Waals surface area contributed by atoms with Crippen molar-refractivity contribution in [3.8, 4) is 5.75 Å². The Morgan fingerprint density at radius 1 is 1.23 bits per heavy atom. The predicted molar refractivity (Wildman–Crippen MR) is 119 cm³/mol. The number of benzene rings is 1. The van der Waals surface area contributed by atoms with E-state index in [0.29, 0.717) is 56.4 Å². The first-order chi connectivity index (χ1) is 16.6. The van der Waals surface area contributed by atoms with Crippen molar-refractivity contribution in [2.24, 2.45) is 0 Å². The van der Waals surface area contributed by atoms with E-state index < -0.39 is 24.1 Å². The number of hydrogen-bond acceptors (Lipinski definition) is 5. The van der Waals surface area contributed by atoms with E-state index in [1.165, 1.54) is 12.3 Å². The number of halogens is 4. The number of amides is 1. The number of carbonyl (C=O) groups is 1. The average Bonchev–Trinajstić information content (AvgIpc) is 3.15. The summed E-state index contributed by atoms with van der Waals surface area (Å²) >= 11 is 0. The van der Waals surface area contributed by atoms with Crippen LogP contribution in [0.5, 0.6) is 5.75 Å². The minimum absolute atomic E-state index is 0.0914. The molecular formula is C24H24F4N4O3. The number of nitrogens with one attached hydrogen (secondary N) is 1. The molecule has 11 heteroatoms. The molecule has 1 atom stereocenters. The molecule has 0 saturated carbocycles. The summed E-state index contributed by atoms with van der Waals surface area (Å²) in [6.07, 6.45) is -1.33. The van der Waals surface area contributed by atoms with Gasteiger partial charge in [-0.3, -0.25) is 4.79 Å². The molecule has 5 rings (SSSR count). The number of nitrogen functional groups attached to an aromatic ring is 1. The number of aromatic amines is 1. The number of aromatic nitrogens is 2. The van der Waals surface area contributed by atoms with Crippen LogP contribution in [0.4, 0.5) is 23.2 Å². The fourth-order valence-corrected chi connectivity index (χ4v) is 5.24. The molecule has 1 aliphatic carbocycles. The van der Waals surface area contributed by atoms with Gasteiger partial charge in [0.15, 0.2) is 0 Å². The van der Waals surface area contributed by atoms with Gasteiger partial charge in [-0.25, -0.2) is 9.37 Å². The Kier molecular flexibility index (Phi) is 5.82. The number of piperidine rings is 1. The Hall–Kier alpha value is -3.34. The zero-order chi connectivity index (χ0) is 24.9. The molecule has 4 N–H and O–H groups in total. The number of hydrogen-bond donors (Lipinski definition) is 3. The number of aryl methyl sites for hydroxylation is 1. The second kappa shape index (κ2) is 8.71. The lowest BCUT2D eigenvalue weighted by Crippen LogP contribution is -2.38. The number of alkyl halides is 3. The summed E-state index contributed by atoms with van der Waals surface area (Å²) < 4.78 is 56.2. The van der Waals surface area contributed by atoms with Gasteiger partial charge < -0.3 is 25.5 Å². The highest BCUT2D eigenvalue weighted by Gasteiger charge is 2.33. The summed E-state index contributed by atoms with van der Waals surface area (Å²) in [7, 11) is 0. The van der Waals surface area contributed by atoms with Crippen molar-refractivity contribution in [3.05, 3.63) is 52.6 Å². The standard InChI is InChI=1S/C24H24F4N4O3/c25-17-11-30-22-21(16-3-1-13(33)9-19(16)31-22)20(17)12-5-7-32(8-6-12)23(34)15-4-2-14(10-18(15)29)35-24(26,27)28/h2,4,10-13,33H,1,3,5-9,29H2,(H,30,31)/t13-/m0/s1. The maximum absolute atomic E-state index is 15.0. The summed E-state index contributed by atoms with van der Waals surface area (Å²) in [4.78, 5) is 22.0. The maximum atomic E-state index is 15.0. The monoisotopic (exact) mass is 492 g/mol. The summed E-state index contributed by atoms with van der Waals surface area (Å²) in [5, 5.41) is 10.8. The van der Waals surface area contributed by atoms with Gasteiger partial charge in [0.05, 0.1) is 17.9 Å². The Balaban J connectivity index is 1.34. The van der Waals surface area contributed by atoms with Crippen LogP contribution in [0.2, 0.25) is 0 Å². The number of carbonyl (C=O) groups excluding carboxylic acids is 1. The van der Waals surface area contributed by atoms with Gasteiger partial charge in [0, 0.05) is 47.9 Å². The molecule has 1 aromatic carbocycles. The third-order valence-corrected chi connectivity index (χ3v) is 6.85. The third kappa shape index (κ3) is 4.52. The zero-order valence-electron chi connectivity index (χ0n) is 18.7. The van der Waals surface area contributed by atoms with E-state index >= 15 is 4.39 Å². The molecule has 1 saturated heterocycles. The Morgan fingerprint density at radius 2 is 1.97 bits per heavy atom. The predicted octanol–water partition coefficient (Wildman–Crippen LogP) is 4.05. The van der Waals surface area contributed by atoms with Crippen molar-refractivity contribution in [3.63, 3.8) is 0 Å². The van der Waals surface area contributed by atoms with Crippen LogP contribution in [-0.2, 0) is 12.8 Å². The SMILES string of the molecule is Nc1cc(OC(F)(F)F)ccc1C(=O)N1CCC(c2c(F)cnc3[nH]c4c(c23)CC[C@H](O)C4)CC1. The van der Waals surface area contributed by atoms with Gasteiger partial charge in [0.1, 0.15) is 17.2 Å². The molecule has 0 bridgehead atoms. The quantitative estimate of drug-likeness (QED) is 0.378. The topological polar surface area (TPSA) is 104 Å². The first-order valence-corrected chi connectivity index (χ1v) is 11.4. The van der Waals surface area contributed by atoms with Gasteiger partial charge in [-0.2, -0.15) is 0 Å². The fraction of sp³-hybridized carbons (Fsp3) is 0.417. The number of H-pyrrole nitrogens is 1. The first kappa shape index (κ1) is 23.4. The van der Waals surface area contributed by atoms with Gasteiger partial charge in [-0.1, -0.05) is 0 Å². The number of anilines is 1. The normalized spacial score (nSPS) is 19.1. The number of pyridine rings is 1. The molecule has 2 aromatic heterocycles. The number of aliphatic hydroxyl groups excluding tert-OH is 1. The number of fused-ring (bicyclic) bond motifs is 3. The van der Waals surface area contributed by atoms with E-state index in [-0.39, 0.29) is 23.0 Å². The van der Waals surface area contributed by atoms with Crippen LogP contribution in [0.1, 0.15) is 52.4 Å². The molecule has 1 fully saturated rings. The third-order valence-electron chi connectivity index (χ3n) is 6.85. The van der Waals surface area contributed by atoms with E-state index in [0.717, 1.165) is 28.8 Å². The number of nitrogens with two attached hydrogens (primary N) is 1. The van der Waals surface area contributed by atoms with E-state index in [1.54, 1.807) is 4.90 Å². The molecule has 1 aliphatic heterocycles. The van der Waals surface area contributed by atoms with Crippen LogP contribution in [-0.4, -0.2) is 51.4 Å². The van der Waals surface area contributed by atoms with Crippen LogP contribution in [0.25, 0.3) is 11.0 Å². The van der Waals surface area contributed by atoms with Gasteiger partial charge in [-0.05, 0) is 49.3 Å². The molecule has 1 amide bonds. The summed E-state index contributed by atoms with van der Waals surface area (Å²) in [5.41, 5.74) is 8.90. The fourth-order valence-electron chi connectivity index (χ4n) is 5.24. The Labute approximate surface area is 197 Å². The van der Waals surface area contributed by atoms with Crippen LogP contribution >= 0.6 is 0 Å². The minimum Gasteiger partial charge on any atom is -0.406 e. The van der Waals surface area contributed by atoms with E-state index in [4.69, 9.17) is 5.73 Å². The lowest BCUT2D eigenvalue weighted by atomic mass is 9.84. The molecule has 2 aliphatic rings. The molecule has 0 radical (unpaired) electrons. The van der Waals surface area contributed by atoms with Crippen molar-refractivity contribution >= 4 is 22.6 Å². The maximum Gasteiger partial charge on any atom is 0.573 e. The number of aliphatic hydroxyl groups is 1. The first-order valence-electron chi connectivity index (χ1n) is 11.4. The van der Waals surface area contributed by atoms with Gasteiger partial charge in [-0.15, -0.1) is 13.2 Å². The van der Waals surface area contributed by atoms with Gasteiger partial charge >= 0.3 is 6.36 Å². The Bertz CT molecular complexity index is 1280. The van der Waals surface area contributed by atoms with E-state index in [9.17, 15) is 23.1 Å². The molecule has 0 unspecified atom stereocenters. The highest BCUT2D eigenvalue weighted by molar-refractivity contribution is 5.99. The second-order valence-corrected chi connectivity index (χ2v) is 9.09. The molecule has 3 aromatic rings. The Morgan fingerprint density at radius 3 is 2.66 bits per heavy atom. The smallest absolute Gasteiger partial charge is 0.406 e. The summed E-state index contributed by atoms with van der Waals surface area (Å²) in [6.45, 7) is 0.691. The molecule has 186 valence electrons. The molecule has 35 heavy (non-hydrogen) atoms. The van der Waals surface area contributed by atoms with Crippen LogP contribution in [0.15, 0.2) is 24.4 Å². The number of likely N-dealkylation sites (tertiary alicyclic amines) is 1. The summed E-state index contributed by atoms with van der Waals surface area (Å²) in [6, 6.07) is 3.25. The largest absolute Gasteiger partial charge is 0.573 e. The van der Waals surface area contributed by atoms with Gasteiger partial charge in [0.2, 0.25) is 0 Å². The lowest BCUT2D eigenvalue weighted by molar-refractivity contribution is -0.274. The van der Waals surface area contributed by atoms with Crippen molar-refractivity contribution in [2.75, 3.05) is 18.8 Å².